The summed E-state index contributed by atoms with van der Waals surface area (Å²) in [7, 11) is 0. The van der Waals surface area contributed by atoms with E-state index in [1.807, 2.05) is 18.2 Å². The van der Waals surface area contributed by atoms with Crippen LogP contribution in [0.5, 0.6) is 0 Å². The molecule has 2 aromatic heterocycles. The number of benzene rings is 1. The number of aromatic nitrogens is 2. The normalized spacial score (nSPS) is 20.5. The molecule has 2 atom stereocenters. The van der Waals surface area contributed by atoms with E-state index in [0.717, 1.165) is 35.1 Å². The van der Waals surface area contributed by atoms with Gasteiger partial charge < -0.3 is 15.5 Å². The quantitative estimate of drug-likeness (QED) is 0.730. The van der Waals surface area contributed by atoms with Crippen LogP contribution in [0.3, 0.4) is 0 Å². The predicted octanol–water partition coefficient (Wildman–Crippen LogP) is 2.33. The zero-order valence-corrected chi connectivity index (χ0v) is 15.9. The van der Waals surface area contributed by atoms with Gasteiger partial charge in [-0.05, 0) is 37.6 Å². The summed E-state index contributed by atoms with van der Waals surface area (Å²) in [6.45, 7) is 6.75. The Balaban J connectivity index is 1.71. The number of rotatable bonds is 3. The Bertz CT molecular complexity index is 1070. The van der Waals surface area contributed by atoms with Crippen molar-refractivity contribution >= 4 is 16.9 Å². The van der Waals surface area contributed by atoms with Crippen molar-refractivity contribution in [1.82, 2.24) is 14.5 Å². The summed E-state index contributed by atoms with van der Waals surface area (Å²) in [5.41, 5.74) is 7.92. The summed E-state index contributed by atoms with van der Waals surface area (Å²) in [5, 5.41) is 1.05. The van der Waals surface area contributed by atoms with Gasteiger partial charge in [0, 0.05) is 42.8 Å². The highest BCUT2D eigenvalue weighted by atomic mass is 16.5. The summed E-state index contributed by atoms with van der Waals surface area (Å²) in [6, 6.07) is 11.6. The van der Waals surface area contributed by atoms with Gasteiger partial charge in [0.25, 0.3) is 5.56 Å². The zero-order chi connectivity index (χ0) is 19.8. The van der Waals surface area contributed by atoms with E-state index in [0.29, 0.717) is 11.3 Å². The van der Waals surface area contributed by atoms with Crippen molar-refractivity contribution in [2.24, 2.45) is 5.73 Å². The average molecular weight is 379 g/mol. The third-order valence-electron chi connectivity index (χ3n) is 5.05. The zero-order valence-electron chi connectivity index (χ0n) is 15.9. The van der Waals surface area contributed by atoms with E-state index in [1.54, 1.807) is 6.07 Å². The average Bonchev–Trinajstić information content (AvgIpc) is 3.06. The van der Waals surface area contributed by atoms with Gasteiger partial charge in [0.2, 0.25) is 0 Å². The molecule has 1 amide bonds. The fraction of sp³-hybridized carbons (Fsp3) is 0.333. The molecule has 3 heterocycles. The van der Waals surface area contributed by atoms with Crippen LogP contribution >= 0.6 is 0 Å². The molecule has 1 saturated heterocycles. The van der Waals surface area contributed by atoms with Gasteiger partial charge in [0.1, 0.15) is 0 Å². The smallest absolute Gasteiger partial charge is 0.325 e. The van der Waals surface area contributed by atoms with Gasteiger partial charge in [-0.1, -0.05) is 12.1 Å². The lowest BCUT2D eigenvalue weighted by atomic mass is 10.1. The van der Waals surface area contributed by atoms with Crippen molar-refractivity contribution in [2.45, 2.75) is 32.6 Å². The number of nitrogens with one attached hydrogen (secondary N) is 1. The molecular formula is C21H23N4O3. The Morgan fingerprint density at radius 3 is 2.79 bits per heavy atom. The van der Waals surface area contributed by atoms with Crippen LogP contribution in [0.2, 0.25) is 0 Å². The molecule has 0 aliphatic carbocycles. The largest absolute Gasteiger partial charge is 0.373 e. The number of aromatic amines is 1. The lowest BCUT2D eigenvalue weighted by molar-refractivity contribution is -0.0703. The Labute approximate surface area is 162 Å². The van der Waals surface area contributed by atoms with Crippen molar-refractivity contribution < 1.29 is 9.53 Å². The number of fused-ring (bicyclic) bond motifs is 1. The second kappa shape index (κ2) is 7.26. The first-order valence-corrected chi connectivity index (χ1v) is 9.33. The Morgan fingerprint density at radius 1 is 1.32 bits per heavy atom. The fourth-order valence-electron chi connectivity index (χ4n) is 3.96. The van der Waals surface area contributed by atoms with Gasteiger partial charge in [0.15, 0.2) is 0 Å². The van der Waals surface area contributed by atoms with Crippen molar-refractivity contribution in [3.63, 3.8) is 0 Å². The molecule has 0 saturated carbocycles. The van der Waals surface area contributed by atoms with E-state index >= 15 is 0 Å². The van der Waals surface area contributed by atoms with Crippen LogP contribution < -0.4 is 11.3 Å². The van der Waals surface area contributed by atoms with Crippen LogP contribution in [0, 0.1) is 6.07 Å². The number of morpholine rings is 1. The summed E-state index contributed by atoms with van der Waals surface area (Å²) in [5.74, 6) is 0. The summed E-state index contributed by atoms with van der Waals surface area (Å²) in [4.78, 5) is 29.7. The molecule has 1 aromatic carbocycles. The molecule has 3 N–H and O–H groups in total. The number of amides is 1. The molecule has 7 heteroatoms. The lowest BCUT2D eigenvalue weighted by Crippen LogP contribution is -2.44. The van der Waals surface area contributed by atoms with Crippen LogP contribution in [0.1, 0.15) is 19.4 Å². The van der Waals surface area contributed by atoms with Crippen molar-refractivity contribution in [3.05, 3.63) is 58.5 Å². The third kappa shape index (κ3) is 3.46. The molecule has 0 bridgehead atoms. The monoisotopic (exact) mass is 379 g/mol. The lowest BCUT2D eigenvalue weighted by Gasteiger charge is -2.35. The molecule has 4 rings (SSSR count). The van der Waals surface area contributed by atoms with Gasteiger partial charge >= 0.3 is 6.03 Å². The van der Waals surface area contributed by atoms with Crippen molar-refractivity contribution in [2.75, 3.05) is 13.1 Å². The third-order valence-corrected chi connectivity index (χ3v) is 5.05. The highest BCUT2D eigenvalue weighted by Gasteiger charge is 2.23. The van der Waals surface area contributed by atoms with Gasteiger partial charge in [-0.3, -0.25) is 9.69 Å². The van der Waals surface area contributed by atoms with E-state index in [2.05, 4.69) is 35.9 Å². The summed E-state index contributed by atoms with van der Waals surface area (Å²) < 4.78 is 6.68. The first-order valence-electron chi connectivity index (χ1n) is 9.33. The molecule has 0 spiro atoms. The number of pyridine rings is 1. The maximum atomic E-state index is 12.6. The van der Waals surface area contributed by atoms with Crippen LogP contribution in [0.15, 0.2) is 41.3 Å². The van der Waals surface area contributed by atoms with Crippen LogP contribution in [-0.2, 0) is 11.3 Å². The fourth-order valence-corrected chi connectivity index (χ4v) is 3.96. The molecule has 1 radical (unpaired) electrons. The van der Waals surface area contributed by atoms with E-state index in [-0.39, 0.29) is 12.2 Å². The second-order valence-electron chi connectivity index (χ2n) is 7.38. The van der Waals surface area contributed by atoms with E-state index in [4.69, 9.17) is 10.5 Å². The van der Waals surface area contributed by atoms with Gasteiger partial charge in [0.05, 0.1) is 23.5 Å². The molecular weight excluding hydrogens is 356 g/mol. The van der Waals surface area contributed by atoms with Crippen molar-refractivity contribution in [1.29, 1.82) is 0 Å². The molecule has 145 valence electrons. The van der Waals surface area contributed by atoms with E-state index in [1.165, 1.54) is 11.8 Å². The molecule has 2 unspecified atom stereocenters. The first-order chi connectivity index (χ1) is 13.4. The Morgan fingerprint density at radius 2 is 2.07 bits per heavy atom. The number of hydrogen-bond donors (Lipinski definition) is 2. The number of ether oxygens (including phenoxy) is 1. The van der Waals surface area contributed by atoms with Gasteiger partial charge in [-0.25, -0.2) is 9.36 Å². The Kier molecular flexibility index (Phi) is 4.78. The van der Waals surface area contributed by atoms with Gasteiger partial charge in [-0.15, -0.1) is 0 Å². The van der Waals surface area contributed by atoms with Crippen molar-refractivity contribution in [3.8, 4) is 11.3 Å². The maximum absolute atomic E-state index is 12.6. The number of carbonyl (C=O) groups is 1. The van der Waals surface area contributed by atoms with Gasteiger partial charge in [-0.2, -0.15) is 0 Å². The summed E-state index contributed by atoms with van der Waals surface area (Å²) in [6.07, 6.45) is 1.66. The minimum absolute atomic E-state index is 0.205. The minimum Gasteiger partial charge on any atom is -0.373 e. The standard InChI is InChI=1S/C21H23N4O3/c1-13-10-24(11-14(2)28-13)12-15-5-3-7-18-17(15)9-19(23-18)16-6-4-8-25(20(16)26)21(22)27/h3,5-9,13-14,23H,10-12H2,1-2H3,(H2,22,27). The minimum atomic E-state index is -0.824. The molecule has 3 aromatic rings. The number of hydrogen-bond acceptors (Lipinski definition) is 4. The first kappa shape index (κ1) is 18.5. The number of nitrogens with zero attached hydrogens (tertiary/aromatic N) is 2. The maximum Gasteiger partial charge on any atom is 0.325 e. The molecule has 1 aliphatic heterocycles. The molecule has 1 fully saturated rings. The van der Waals surface area contributed by atoms with Crippen LogP contribution in [-0.4, -0.2) is 45.8 Å². The number of primary amides is 1. The van der Waals surface area contributed by atoms with Crippen LogP contribution in [0.4, 0.5) is 4.79 Å². The van der Waals surface area contributed by atoms with E-state index < -0.39 is 11.6 Å². The molecule has 1 aliphatic rings. The van der Waals surface area contributed by atoms with Crippen LogP contribution in [0.25, 0.3) is 22.2 Å². The molecule has 7 nitrogen and oxygen atoms in total. The number of carbonyl (C=O) groups excluding carboxylic acids is 1. The Hall–Kier alpha value is -2.90. The SMILES string of the molecule is CC1CN(Cc2cccc3[nH]c(-c4c[c]cn(C(N)=O)c4=O)cc23)CC(C)O1. The topological polar surface area (TPSA) is 93.4 Å². The van der Waals surface area contributed by atoms with E-state index in [9.17, 15) is 9.59 Å². The highest BCUT2D eigenvalue weighted by Crippen LogP contribution is 2.26. The highest BCUT2D eigenvalue weighted by molar-refractivity contribution is 5.88. The number of H-pyrrole nitrogens is 1. The predicted molar refractivity (Wildman–Crippen MR) is 107 cm³/mol. The summed E-state index contributed by atoms with van der Waals surface area (Å²) >= 11 is 0. The second-order valence-corrected chi connectivity index (χ2v) is 7.38. The number of nitrogens with two attached hydrogens (primary N) is 1. The molecule has 28 heavy (non-hydrogen) atoms.